The van der Waals surface area contributed by atoms with E-state index < -0.39 is 105 Å². The number of halogens is 5. The van der Waals surface area contributed by atoms with Crippen molar-refractivity contribution in [2.45, 2.75) is 0 Å². The van der Waals surface area contributed by atoms with Gasteiger partial charge in [0.2, 0.25) is 0 Å². The average molecular weight is 976 g/mol. The van der Waals surface area contributed by atoms with Gasteiger partial charge in [0.25, 0.3) is 0 Å². The Balaban J connectivity index is -0.0000000114. The van der Waals surface area contributed by atoms with Gasteiger partial charge in [0.05, 0.1) is 0 Å². The van der Waals surface area contributed by atoms with Crippen LogP contribution in [0, 0.1) is 0 Å². The monoisotopic (exact) mass is 972 g/mol. The molecule has 26 heavy (non-hydrogen) atoms. The van der Waals surface area contributed by atoms with Crippen LogP contribution in [0.15, 0.2) is 0 Å². The summed E-state index contributed by atoms with van der Waals surface area (Å²) in [6, 6.07) is 0. The molecule has 0 aliphatic rings. The first kappa shape index (κ1) is 70.5. The SMILES string of the molecule is F.F.F.F.F.N.[O]=[Sb]([OH])[OH].[O]=[Sb]([OH])[OH].[O]=[Sb]([OH])[OH].[O]=[Sb]([OH])[OH].[O]=[Sb]([OH])[OH]. The Labute approximate surface area is 181 Å². The van der Waals surface area contributed by atoms with Crippen LogP contribution in [0.4, 0.5) is 23.5 Å². The van der Waals surface area contributed by atoms with Gasteiger partial charge in [0.1, 0.15) is 0 Å². The van der Waals surface area contributed by atoms with Gasteiger partial charge in [-0.1, -0.05) is 0 Å². The van der Waals surface area contributed by atoms with Crippen molar-refractivity contribution in [2.75, 3.05) is 0 Å². The maximum atomic E-state index is 8.82. The van der Waals surface area contributed by atoms with Crippen molar-refractivity contribution in [3.63, 3.8) is 0 Å². The molecule has 0 rings (SSSR count). The third-order valence-electron chi connectivity index (χ3n) is 0. The van der Waals surface area contributed by atoms with Crippen LogP contribution >= 0.6 is 0 Å². The van der Waals surface area contributed by atoms with Crippen molar-refractivity contribution in [3.05, 3.63) is 0 Å². The van der Waals surface area contributed by atoms with E-state index >= 15 is 0 Å². The van der Waals surface area contributed by atoms with E-state index in [2.05, 4.69) is 0 Å². The zero-order valence-electron chi connectivity index (χ0n) is 11.5. The first-order valence-corrected chi connectivity index (χ1v) is 19.5. The first-order chi connectivity index (χ1) is 8.66. The zero-order chi connectivity index (χ0) is 17.9. The van der Waals surface area contributed by atoms with Gasteiger partial charge >= 0.3 is 154 Å². The Morgan fingerprint density at radius 1 is 0.308 bits per heavy atom. The summed E-state index contributed by atoms with van der Waals surface area (Å²) in [5, 5.41) is 0. The van der Waals surface area contributed by atoms with Crippen LogP contribution in [0.25, 0.3) is 0 Å². The molecule has 0 heterocycles. The van der Waals surface area contributed by atoms with E-state index in [0.717, 1.165) is 0 Å². The van der Waals surface area contributed by atoms with E-state index in [0.29, 0.717) is 0 Å². The molecule has 0 aromatic carbocycles. The van der Waals surface area contributed by atoms with Crippen molar-refractivity contribution in [2.24, 2.45) is 0 Å². The molecule has 0 saturated carbocycles. The van der Waals surface area contributed by atoms with E-state index in [-0.39, 0.29) is 29.7 Å². The Morgan fingerprint density at radius 3 is 0.308 bits per heavy atom. The molecule has 173 valence electrons. The van der Waals surface area contributed by atoms with Crippen LogP contribution in [-0.2, 0) is 15.1 Å². The molecule has 13 N–H and O–H groups in total. The second-order valence-electron chi connectivity index (χ2n) is 1.26. The predicted molar refractivity (Wildman–Crippen MR) is 71.9 cm³/mol. The Kier molecular flexibility index (Phi) is 171. The van der Waals surface area contributed by atoms with Gasteiger partial charge < -0.3 is 6.15 Å². The summed E-state index contributed by atoms with van der Waals surface area (Å²) >= 11 is -18.5. The Hall–Kier alpha value is 2.30. The second kappa shape index (κ2) is 63.1. The van der Waals surface area contributed by atoms with Gasteiger partial charge in [0, 0.05) is 0 Å². The topological polar surface area (TPSA) is 323 Å². The summed E-state index contributed by atoms with van der Waals surface area (Å²) in [5.41, 5.74) is 0. The Morgan fingerprint density at radius 2 is 0.308 bits per heavy atom. The van der Waals surface area contributed by atoms with E-state index in [1.54, 1.807) is 0 Å². The molecule has 0 fully saturated rings. The van der Waals surface area contributed by atoms with Gasteiger partial charge in [-0.2, -0.15) is 0 Å². The number of rotatable bonds is 0. The molecular formula is H18F5NO15Sb5. The first-order valence-electron chi connectivity index (χ1n) is 2.91. The van der Waals surface area contributed by atoms with Crippen molar-refractivity contribution >= 4 is 105 Å². The molecule has 0 aliphatic carbocycles. The van der Waals surface area contributed by atoms with Gasteiger partial charge in [-0.3, -0.25) is 23.5 Å². The molecule has 5 radical (unpaired) electrons. The van der Waals surface area contributed by atoms with E-state index in [4.69, 9.17) is 48.9 Å². The molecule has 0 amide bonds. The summed E-state index contributed by atoms with van der Waals surface area (Å²) in [5.74, 6) is 0. The summed E-state index contributed by atoms with van der Waals surface area (Å²) in [7, 11) is 0. The fraction of sp³-hybridized carbons (Fsp3) is 0. The van der Waals surface area contributed by atoms with Crippen LogP contribution in [0.5, 0.6) is 0 Å². The molecule has 26 heteroatoms. The molecule has 0 atom stereocenters. The minimum absolute atomic E-state index is 0. The average Bonchev–Trinajstić information content (AvgIpc) is 1.94. The summed E-state index contributed by atoms with van der Waals surface area (Å²) in [6.45, 7) is 0. The molecule has 0 aromatic rings. The zero-order valence-corrected chi connectivity index (χ0v) is 24.3. The third kappa shape index (κ3) is 3180. The van der Waals surface area contributed by atoms with Crippen LogP contribution in [0.2, 0.25) is 0 Å². The summed E-state index contributed by atoms with van der Waals surface area (Å²) in [6.07, 6.45) is 0. The molecule has 0 aliphatic heterocycles. The van der Waals surface area contributed by atoms with Crippen molar-refractivity contribution in [1.29, 1.82) is 0 Å². The van der Waals surface area contributed by atoms with Gasteiger partial charge in [-0.05, 0) is 0 Å². The van der Waals surface area contributed by atoms with Crippen molar-refractivity contribution in [1.82, 2.24) is 6.15 Å². The second-order valence-corrected chi connectivity index (χ2v) is 8.48. The molecule has 0 bridgehead atoms. The molecule has 0 unspecified atom stereocenters. The molecule has 0 aromatic heterocycles. The van der Waals surface area contributed by atoms with Crippen LogP contribution in [0.1, 0.15) is 0 Å². The number of hydrogen-bond donors (Lipinski definition) is 11. The van der Waals surface area contributed by atoms with E-state index in [1.807, 2.05) is 0 Å². The van der Waals surface area contributed by atoms with Crippen molar-refractivity contribution < 1.29 is 72.5 Å². The molecule has 0 saturated heterocycles. The fourth-order valence-corrected chi connectivity index (χ4v) is 0. The molecular weight excluding hydrogens is 958 g/mol. The summed E-state index contributed by atoms with van der Waals surface area (Å²) in [4.78, 5) is 0. The van der Waals surface area contributed by atoms with Crippen LogP contribution in [0.3, 0.4) is 0 Å². The minimum atomic E-state index is -3.70. The quantitative estimate of drug-likeness (QED) is 0.0794. The summed E-state index contributed by atoms with van der Waals surface area (Å²) < 4.78 is 117. The van der Waals surface area contributed by atoms with E-state index in [9.17, 15) is 0 Å². The van der Waals surface area contributed by atoms with Gasteiger partial charge in [0.15, 0.2) is 0 Å². The van der Waals surface area contributed by atoms with Gasteiger partial charge in [-0.25, -0.2) is 0 Å². The van der Waals surface area contributed by atoms with Crippen LogP contribution < -0.4 is 6.15 Å². The standard InChI is InChI=1S/5FH.H3N.10H2O.5O.5Sb/h5*1H;1H3;10*1H2;;;;;;;;;;/q;;;;;;;;;;;;;;;;;;;;;5*+2/p-10. The maximum absolute atomic E-state index is 8.82. The molecule has 16 nitrogen and oxygen atoms in total. The van der Waals surface area contributed by atoms with Crippen molar-refractivity contribution in [3.8, 4) is 0 Å². The number of hydrogen-bond acceptors (Lipinski definition) is 6. The third-order valence-corrected chi connectivity index (χ3v) is 0. The predicted octanol–water partition coefficient (Wildman–Crippen LogP) is -7.14. The fourth-order valence-electron chi connectivity index (χ4n) is 0. The molecule has 0 spiro atoms. The Bertz CT molecular complexity index is 225. The van der Waals surface area contributed by atoms with Crippen LogP contribution in [-0.4, -0.2) is 139 Å². The van der Waals surface area contributed by atoms with E-state index in [1.165, 1.54) is 0 Å². The normalized spacial score (nSPS) is 5.00. The van der Waals surface area contributed by atoms with Gasteiger partial charge in [-0.15, -0.1) is 0 Å².